The summed E-state index contributed by atoms with van der Waals surface area (Å²) < 4.78 is 32.0. The third-order valence-electron chi connectivity index (χ3n) is 3.56. The molecule has 2 rings (SSSR count). The number of furan rings is 1. The highest BCUT2D eigenvalue weighted by Gasteiger charge is 2.14. The van der Waals surface area contributed by atoms with Crippen LogP contribution in [-0.4, -0.2) is 32.8 Å². The molecule has 1 N–H and O–H groups in total. The van der Waals surface area contributed by atoms with Crippen LogP contribution in [-0.2, 0) is 21.4 Å². The Morgan fingerprint density at radius 3 is 2.65 bits per heavy atom. The number of carbonyl (C=O) groups is 1. The van der Waals surface area contributed by atoms with Crippen LogP contribution in [0.3, 0.4) is 0 Å². The van der Waals surface area contributed by atoms with Crippen molar-refractivity contribution in [2.75, 3.05) is 13.6 Å². The van der Waals surface area contributed by atoms with E-state index in [9.17, 15) is 13.2 Å². The van der Waals surface area contributed by atoms with Gasteiger partial charge < -0.3 is 9.32 Å². The quantitative estimate of drug-likeness (QED) is 0.714. The van der Waals surface area contributed by atoms with Gasteiger partial charge in [0.25, 0.3) is 0 Å². The molecule has 0 spiro atoms. The largest absolute Gasteiger partial charge is 0.468 e. The SMILES string of the molecule is CN(CCC#N)C(=O)/C=C/c1ccc(S(=O)(=O)NCc2ccco2)cc1. The molecule has 0 aliphatic rings. The Balaban J connectivity index is 1.97. The van der Waals surface area contributed by atoms with Crippen LogP contribution in [0.25, 0.3) is 6.08 Å². The number of hydrogen-bond donors (Lipinski definition) is 1. The van der Waals surface area contributed by atoms with Crippen molar-refractivity contribution in [3.05, 3.63) is 60.1 Å². The van der Waals surface area contributed by atoms with Crippen molar-refractivity contribution in [3.8, 4) is 6.07 Å². The minimum absolute atomic E-state index is 0.0700. The van der Waals surface area contributed by atoms with Gasteiger partial charge in [0.2, 0.25) is 15.9 Å². The van der Waals surface area contributed by atoms with Gasteiger partial charge in [0.05, 0.1) is 30.2 Å². The summed E-state index contributed by atoms with van der Waals surface area (Å²) in [4.78, 5) is 13.4. The molecule has 0 bridgehead atoms. The van der Waals surface area contributed by atoms with E-state index in [-0.39, 0.29) is 23.8 Å². The number of rotatable bonds is 8. The van der Waals surface area contributed by atoms with Crippen LogP contribution in [0, 0.1) is 11.3 Å². The van der Waals surface area contributed by atoms with Crippen LogP contribution in [0.15, 0.2) is 58.1 Å². The van der Waals surface area contributed by atoms with Crippen LogP contribution < -0.4 is 4.72 Å². The smallest absolute Gasteiger partial charge is 0.246 e. The van der Waals surface area contributed by atoms with Crippen molar-refractivity contribution in [2.45, 2.75) is 17.9 Å². The van der Waals surface area contributed by atoms with E-state index in [1.54, 1.807) is 37.4 Å². The Morgan fingerprint density at radius 1 is 1.31 bits per heavy atom. The number of likely N-dealkylation sites (N-methyl/N-ethyl adjacent to an activating group) is 1. The van der Waals surface area contributed by atoms with Crippen molar-refractivity contribution in [3.63, 3.8) is 0 Å². The summed E-state index contributed by atoms with van der Waals surface area (Å²) in [7, 11) is -2.03. The van der Waals surface area contributed by atoms with Gasteiger partial charge in [0, 0.05) is 19.7 Å². The van der Waals surface area contributed by atoms with Gasteiger partial charge in [-0.05, 0) is 35.9 Å². The number of nitriles is 1. The fourth-order valence-electron chi connectivity index (χ4n) is 2.04. The molecule has 0 radical (unpaired) electrons. The van der Waals surface area contributed by atoms with E-state index in [0.29, 0.717) is 17.9 Å². The Morgan fingerprint density at radius 2 is 2.04 bits per heavy atom. The topological polar surface area (TPSA) is 103 Å². The van der Waals surface area contributed by atoms with Gasteiger partial charge in [0.15, 0.2) is 0 Å². The molecule has 0 saturated carbocycles. The van der Waals surface area contributed by atoms with Gasteiger partial charge in [-0.2, -0.15) is 5.26 Å². The first-order valence-corrected chi connectivity index (χ1v) is 9.33. The zero-order chi connectivity index (χ0) is 19.0. The molecule has 1 amide bonds. The van der Waals surface area contributed by atoms with Crippen molar-refractivity contribution in [2.24, 2.45) is 0 Å². The number of nitrogens with zero attached hydrogens (tertiary/aromatic N) is 2. The first-order chi connectivity index (χ1) is 12.4. The summed E-state index contributed by atoms with van der Waals surface area (Å²) >= 11 is 0. The standard InChI is InChI=1S/C18H19N3O4S/c1-21(12-3-11-19)18(22)10-7-15-5-8-17(9-6-15)26(23,24)20-14-16-4-2-13-25-16/h2,4-10,13,20H,3,12,14H2,1H3/b10-7+. The van der Waals surface area contributed by atoms with E-state index in [1.165, 1.54) is 29.4 Å². The van der Waals surface area contributed by atoms with E-state index in [4.69, 9.17) is 9.68 Å². The van der Waals surface area contributed by atoms with Crippen LogP contribution in [0.1, 0.15) is 17.7 Å². The lowest BCUT2D eigenvalue weighted by atomic mass is 10.2. The second-order valence-corrected chi connectivity index (χ2v) is 7.24. The predicted molar refractivity (Wildman–Crippen MR) is 96.1 cm³/mol. The lowest BCUT2D eigenvalue weighted by Gasteiger charge is -2.12. The minimum atomic E-state index is -3.65. The number of benzene rings is 1. The maximum atomic E-state index is 12.2. The molecule has 1 aromatic heterocycles. The average molecular weight is 373 g/mol. The molecule has 0 fully saturated rings. The lowest BCUT2D eigenvalue weighted by molar-refractivity contribution is -0.124. The number of nitrogens with one attached hydrogen (secondary N) is 1. The molecule has 7 nitrogen and oxygen atoms in total. The van der Waals surface area contributed by atoms with E-state index in [1.807, 2.05) is 6.07 Å². The second-order valence-electron chi connectivity index (χ2n) is 5.47. The van der Waals surface area contributed by atoms with Gasteiger partial charge in [0.1, 0.15) is 5.76 Å². The summed E-state index contributed by atoms with van der Waals surface area (Å²) in [6, 6.07) is 11.5. The molecular weight excluding hydrogens is 354 g/mol. The molecular formula is C18H19N3O4S. The molecule has 2 aromatic rings. The van der Waals surface area contributed by atoms with Gasteiger partial charge in [-0.15, -0.1) is 0 Å². The van der Waals surface area contributed by atoms with E-state index in [2.05, 4.69) is 4.72 Å². The number of carbonyl (C=O) groups excluding carboxylic acids is 1. The zero-order valence-electron chi connectivity index (χ0n) is 14.3. The molecule has 136 valence electrons. The van der Waals surface area contributed by atoms with E-state index in [0.717, 1.165) is 0 Å². The van der Waals surface area contributed by atoms with Gasteiger partial charge in [-0.25, -0.2) is 13.1 Å². The summed E-state index contributed by atoms with van der Waals surface area (Å²) in [6.07, 6.45) is 4.73. The summed E-state index contributed by atoms with van der Waals surface area (Å²) in [5.74, 6) is 0.296. The van der Waals surface area contributed by atoms with Crippen LogP contribution in [0.4, 0.5) is 0 Å². The number of amides is 1. The van der Waals surface area contributed by atoms with Gasteiger partial charge in [-0.3, -0.25) is 4.79 Å². The maximum Gasteiger partial charge on any atom is 0.246 e. The highest BCUT2D eigenvalue weighted by Crippen LogP contribution is 2.12. The van der Waals surface area contributed by atoms with Crippen LogP contribution >= 0.6 is 0 Å². The minimum Gasteiger partial charge on any atom is -0.468 e. The van der Waals surface area contributed by atoms with Crippen LogP contribution in [0.5, 0.6) is 0 Å². The van der Waals surface area contributed by atoms with Crippen molar-refractivity contribution < 1.29 is 17.6 Å². The first kappa shape index (κ1) is 19.4. The molecule has 0 atom stereocenters. The average Bonchev–Trinajstić information content (AvgIpc) is 3.16. The third-order valence-corrected chi connectivity index (χ3v) is 4.98. The Labute approximate surface area is 152 Å². The molecule has 26 heavy (non-hydrogen) atoms. The fraction of sp³-hybridized carbons (Fsp3) is 0.222. The lowest BCUT2D eigenvalue weighted by Crippen LogP contribution is -2.25. The van der Waals surface area contributed by atoms with Crippen molar-refractivity contribution in [1.29, 1.82) is 5.26 Å². The molecule has 0 unspecified atom stereocenters. The maximum absolute atomic E-state index is 12.2. The van der Waals surface area contributed by atoms with E-state index < -0.39 is 10.0 Å². The summed E-state index contributed by atoms with van der Waals surface area (Å²) in [6.45, 7) is 0.429. The molecule has 1 aromatic carbocycles. The summed E-state index contributed by atoms with van der Waals surface area (Å²) in [5.41, 5.74) is 0.692. The fourth-order valence-corrected chi connectivity index (χ4v) is 3.04. The van der Waals surface area contributed by atoms with Crippen molar-refractivity contribution in [1.82, 2.24) is 9.62 Å². The monoisotopic (exact) mass is 373 g/mol. The Kier molecular flexibility index (Phi) is 6.72. The zero-order valence-corrected chi connectivity index (χ0v) is 15.1. The number of hydrogen-bond acceptors (Lipinski definition) is 5. The molecule has 8 heteroatoms. The van der Waals surface area contributed by atoms with Gasteiger partial charge in [-0.1, -0.05) is 12.1 Å². The Hall–Kier alpha value is -2.89. The van der Waals surface area contributed by atoms with Crippen LogP contribution in [0.2, 0.25) is 0 Å². The highest BCUT2D eigenvalue weighted by atomic mass is 32.2. The molecule has 0 aliphatic carbocycles. The molecule has 0 aliphatic heterocycles. The first-order valence-electron chi connectivity index (χ1n) is 7.84. The molecule has 1 heterocycles. The van der Waals surface area contributed by atoms with Gasteiger partial charge >= 0.3 is 0 Å². The second kappa shape index (κ2) is 8.99. The predicted octanol–water partition coefficient (Wildman–Crippen LogP) is 2.14. The van der Waals surface area contributed by atoms with Crippen molar-refractivity contribution >= 4 is 22.0 Å². The third kappa shape index (κ3) is 5.58. The highest BCUT2D eigenvalue weighted by molar-refractivity contribution is 7.89. The summed E-state index contributed by atoms with van der Waals surface area (Å²) in [5, 5.41) is 8.52. The molecule has 0 saturated heterocycles. The van der Waals surface area contributed by atoms with E-state index >= 15 is 0 Å². The number of sulfonamides is 1. The Bertz CT molecular complexity index is 895. The normalized spacial score (nSPS) is 11.4.